The second-order valence-corrected chi connectivity index (χ2v) is 6.49. The Bertz CT molecular complexity index is 813. The van der Waals surface area contributed by atoms with Crippen LogP contribution in [-0.4, -0.2) is 33.2 Å². The van der Waals surface area contributed by atoms with Crippen LogP contribution in [0.2, 0.25) is 0 Å². The molecule has 1 aliphatic carbocycles. The molecule has 2 heterocycles. The highest BCUT2D eigenvalue weighted by atomic mass is 16.2. The van der Waals surface area contributed by atoms with Crippen molar-refractivity contribution in [1.82, 2.24) is 14.9 Å². The summed E-state index contributed by atoms with van der Waals surface area (Å²) < 4.78 is 1.84. The van der Waals surface area contributed by atoms with Crippen LogP contribution in [0, 0.1) is 11.8 Å². The summed E-state index contributed by atoms with van der Waals surface area (Å²) in [6.07, 6.45) is 7.64. The predicted molar refractivity (Wildman–Crippen MR) is 90.0 cm³/mol. The van der Waals surface area contributed by atoms with E-state index in [2.05, 4.69) is 15.6 Å². The van der Waals surface area contributed by atoms with Crippen molar-refractivity contribution in [3.63, 3.8) is 0 Å². The number of ketones is 1. The fourth-order valence-corrected chi connectivity index (χ4v) is 3.67. The lowest BCUT2D eigenvalue weighted by Gasteiger charge is -2.30. The lowest BCUT2D eigenvalue weighted by molar-refractivity contribution is -0.145. The molecule has 2 amide bonds. The number of hydrogen-bond donors (Lipinski definition) is 2. The van der Waals surface area contributed by atoms with Crippen molar-refractivity contribution in [2.24, 2.45) is 11.8 Å². The largest absolute Gasteiger partial charge is 0.352 e. The van der Waals surface area contributed by atoms with Gasteiger partial charge in [-0.2, -0.15) is 0 Å². The highest BCUT2D eigenvalue weighted by Crippen LogP contribution is 2.32. The van der Waals surface area contributed by atoms with Gasteiger partial charge >= 0.3 is 0 Å². The van der Waals surface area contributed by atoms with E-state index in [1.807, 2.05) is 22.9 Å². The normalized spacial score (nSPS) is 25.4. The molecule has 1 aromatic carbocycles. The summed E-state index contributed by atoms with van der Waals surface area (Å²) in [5.41, 5.74) is 1.44. The minimum atomic E-state index is -1.26. The number of carbonyl (C=O) groups is 3. The minimum Gasteiger partial charge on any atom is -0.352 e. The van der Waals surface area contributed by atoms with Crippen LogP contribution in [0.15, 0.2) is 43.0 Å². The van der Waals surface area contributed by atoms with Gasteiger partial charge in [-0.1, -0.05) is 6.42 Å². The van der Waals surface area contributed by atoms with Crippen molar-refractivity contribution < 1.29 is 14.4 Å². The SMILES string of the molecule is O=C(Nc1ccc(-n2ccnc2)cc1)C1C(=O)N[C@@H]2CCC[C@@H]2C1=O. The average Bonchev–Trinajstić information content (AvgIpc) is 3.26. The zero-order chi connectivity index (χ0) is 17.4. The van der Waals surface area contributed by atoms with E-state index in [1.54, 1.807) is 24.7 Å². The summed E-state index contributed by atoms with van der Waals surface area (Å²) >= 11 is 0. The first-order valence-corrected chi connectivity index (χ1v) is 8.37. The Kier molecular flexibility index (Phi) is 3.83. The zero-order valence-corrected chi connectivity index (χ0v) is 13.5. The predicted octanol–water partition coefficient (Wildman–Crippen LogP) is 1.29. The number of hydrogen-bond acceptors (Lipinski definition) is 4. The van der Waals surface area contributed by atoms with Gasteiger partial charge in [0.15, 0.2) is 11.7 Å². The first-order valence-electron chi connectivity index (χ1n) is 8.37. The van der Waals surface area contributed by atoms with Gasteiger partial charge in [0.1, 0.15) is 0 Å². The van der Waals surface area contributed by atoms with Crippen LogP contribution in [0.3, 0.4) is 0 Å². The molecule has 2 fully saturated rings. The number of rotatable bonds is 3. The van der Waals surface area contributed by atoms with Gasteiger partial charge in [0.05, 0.1) is 6.33 Å². The van der Waals surface area contributed by atoms with Crippen LogP contribution in [0.1, 0.15) is 19.3 Å². The number of nitrogens with one attached hydrogen (secondary N) is 2. The summed E-state index contributed by atoms with van der Waals surface area (Å²) in [6.45, 7) is 0. The molecule has 0 bridgehead atoms. The molecule has 1 saturated heterocycles. The first-order chi connectivity index (χ1) is 12.1. The zero-order valence-electron chi connectivity index (χ0n) is 13.5. The molecule has 1 aromatic heterocycles. The van der Waals surface area contributed by atoms with Crippen molar-refractivity contribution in [3.05, 3.63) is 43.0 Å². The molecule has 2 aromatic rings. The topological polar surface area (TPSA) is 93.1 Å². The van der Waals surface area contributed by atoms with E-state index >= 15 is 0 Å². The smallest absolute Gasteiger partial charge is 0.244 e. The fourth-order valence-electron chi connectivity index (χ4n) is 3.67. The highest BCUT2D eigenvalue weighted by Gasteiger charge is 2.48. The number of fused-ring (bicyclic) bond motifs is 1. The molecule has 0 radical (unpaired) electrons. The van der Waals surface area contributed by atoms with Crippen molar-refractivity contribution in [2.45, 2.75) is 25.3 Å². The van der Waals surface area contributed by atoms with Gasteiger partial charge in [0.2, 0.25) is 11.8 Å². The van der Waals surface area contributed by atoms with Gasteiger partial charge in [0, 0.05) is 35.7 Å². The Balaban J connectivity index is 1.48. The van der Waals surface area contributed by atoms with Crippen LogP contribution < -0.4 is 10.6 Å². The average molecular weight is 338 g/mol. The highest BCUT2D eigenvalue weighted by molar-refractivity contribution is 6.23. The molecule has 1 aliphatic heterocycles. The number of Topliss-reactive ketones (excluding diaryl/α,β-unsaturated/α-hetero) is 1. The second kappa shape index (κ2) is 6.16. The Hall–Kier alpha value is -2.96. The summed E-state index contributed by atoms with van der Waals surface area (Å²) in [6, 6.07) is 7.02. The number of nitrogens with zero attached hydrogens (tertiary/aromatic N) is 2. The molecule has 2 N–H and O–H groups in total. The number of piperidine rings is 1. The maximum atomic E-state index is 12.5. The van der Waals surface area contributed by atoms with E-state index in [0.717, 1.165) is 24.9 Å². The standard InChI is InChI=1S/C18H18N4O3/c23-16-13-2-1-3-14(13)21-18(25)15(16)17(24)20-11-4-6-12(7-5-11)22-9-8-19-10-22/h4-10,13-15H,1-3H2,(H,20,24)(H,21,25)/t13-,14+,15?/m0/s1. The van der Waals surface area contributed by atoms with E-state index in [1.165, 1.54) is 0 Å². The van der Waals surface area contributed by atoms with Crippen LogP contribution in [-0.2, 0) is 14.4 Å². The van der Waals surface area contributed by atoms with Crippen LogP contribution >= 0.6 is 0 Å². The number of imidazole rings is 1. The Morgan fingerprint density at radius 1 is 1.20 bits per heavy atom. The van der Waals surface area contributed by atoms with Crippen LogP contribution in [0.5, 0.6) is 0 Å². The van der Waals surface area contributed by atoms with Gasteiger partial charge < -0.3 is 15.2 Å². The molecule has 25 heavy (non-hydrogen) atoms. The van der Waals surface area contributed by atoms with E-state index in [0.29, 0.717) is 5.69 Å². The van der Waals surface area contributed by atoms with E-state index in [9.17, 15) is 14.4 Å². The number of amides is 2. The van der Waals surface area contributed by atoms with Gasteiger partial charge in [-0.05, 0) is 37.1 Å². The van der Waals surface area contributed by atoms with Gasteiger partial charge in [-0.25, -0.2) is 4.98 Å². The van der Waals surface area contributed by atoms with Gasteiger partial charge in [0.25, 0.3) is 0 Å². The maximum absolute atomic E-state index is 12.5. The summed E-state index contributed by atoms with van der Waals surface area (Å²) in [7, 11) is 0. The Morgan fingerprint density at radius 3 is 2.72 bits per heavy atom. The number of anilines is 1. The molecule has 7 nitrogen and oxygen atoms in total. The molecule has 1 unspecified atom stereocenters. The molecule has 7 heteroatoms. The molecule has 4 rings (SSSR count). The molecular weight excluding hydrogens is 320 g/mol. The second-order valence-electron chi connectivity index (χ2n) is 6.49. The van der Waals surface area contributed by atoms with Gasteiger partial charge in [-0.3, -0.25) is 14.4 Å². The summed E-state index contributed by atoms with van der Waals surface area (Å²) in [5, 5.41) is 5.50. The van der Waals surface area contributed by atoms with Crippen LogP contribution in [0.4, 0.5) is 5.69 Å². The van der Waals surface area contributed by atoms with Crippen molar-refractivity contribution in [3.8, 4) is 5.69 Å². The Morgan fingerprint density at radius 2 is 2.00 bits per heavy atom. The van der Waals surface area contributed by atoms with Gasteiger partial charge in [-0.15, -0.1) is 0 Å². The fraction of sp³-hybridized carbons (Fsp3) is 0.333. The molecule has 1 saturated carbocycles. The number of aromatic nitrogens is 2. The van der Waals surface area contributed by atoms with Crippen molar-refractivity contribution >= 4 is 23.3 Å². The minimum absolute atomic E-state index is 0.0986. The van der Waals surface area contributed by atoms with E-state index in [4.69, 9.17) is 0 Å². The lowest BCUT2D eigenvalue weighted by Crippen LogP contribution is -2.56. The van der Waals surface area contributed by atoms with E-state index < -0.39 is 17.7 Å². The monoisotopic (exact) mass is 338 g/mol. The Labute approximate surface area is 144 Å². The van der Waals surface area contributed by atoms with Crippen molar-refractivity contribution in [1.29, 1.82) is 0 Å². The number of carbonyl (C=O) groups excluding carboxylic acids is 3. The lowest BCUT2D eigenvalue weighted by atomic mass is 9.84. The first kappa shape index (κ1) is 15.6. The molecular formula is C18H18N4O3. The van der Waals surface area contributed by atoms with E-state index in [-0.39, 0.29) is 17.7 Å². The maximum Gasteiger partial charge on any atom is 0.244 e. The molecule has 0 spiro atoms. The molecule has 128 valence electrons. The quantitative estimate of drug-likeness (QED) is 0.825. The third kappa shape index (κ3) is 2.82. The third-order valence-corrected chi connectivity index (χ3v) is 4.96. The third-order valence-electron chi connectivity index (χ3n) is 4.96. The van der Waals surface area contributed by atoms with Crippen molar-refractivity contribution in [2.75, 3.05) is 5.32 Å². The molecule has 2 aliphatic rings. The molecule has 3 atom stereocenters. The summed E-state index contributed by atoms with van der Waals surface area (Å²) in [4.78, 5) is 41.2. The number of benzene rings is 1. The van der Waals surface area contributed by atoms with Crippen LogP contribution in [0.25, 0.3) is 5.69 Å². The summed E-state index contributed by atoms with van der Waals surface area (Å²) in [5.74, 6) is -2.78.